The molecule has 0 spiro atoms. The molecular weight excluding hydrogens is 428 g/mol. The highest BCUT2D eigenvalue weighted by Gasteiger charge is 2.28. The highest BCUT2D eigenvalue weighted by atomic mass is 32.1. The maximum absolute atomic E-state index is 13.0. The van der Waals surface area contributed by atoms with Crippen molar-refractivity contribution < 1.29 is 4.79 Å². The van der Waals surface area contributed by atoms with Crippen molar-refractivity contribution >= 4 is 17.2 Å². The van der Waals surface area contributed by atoms with E-state index in [0.29, 0.717) is 6.42 Å². The molecule has 1 aliphatic heterocycles. The highest BCUT2D eigenvalue weighted by Crippen LogP contribution is 2.29. The van der Waals surface area contributed by atoms with Crippen molar-refractivity contribution in [1.29, 1.82) is 0 Å². The molecule has 0 saturated carbocycles. The fourth-order valence-corrected chi connectivity index (χ4v) is 5.20. The number of pyridine rings is 1. The summed E-state index contributed by atoms with van der Waals surface area (Å²) >= 11 is 1.56. The quantitative estimate of drug-likeness (QED) is 0.424. The van der Waals surface area contributed by atoms with Gasteiger partial charge in [-0.15, -0.1) is 11.3 Å². The van der Waals surface area contributed by atoms with Crippen LogP contribution in [0, 0.1) is 0 Å². The topological polar surface area (TPSA) is 49.3 Å². The number of hydrogen-bond acceptors (Lipinski definition) is 5. The summed E-state index contributed by atoms with van der Waals surface area (Å²) in [7, 11) is 0. The van der Waals surface area contributed by atoms with Crippen molar-refractivity contribution in [2.75, 3.05) is 26.2 Å². The number of hydrogen-bond donors (Lipinski definition) is 0. The zero-order valence-electron chi connectivity index (χ0n) is 18.4. The molecule has 0 unspecified atom stereocenters. The molecule has 6 heteroatoms. The lowest BCUT2D eigenvalue weighted by atomic mass is 9.96. The summed E-state index contributed by atoms with van der Waals surface area (Å²) in [5.41, 5.74) is 4.39. The molecule has 5 nitrogen and oxygen atoms in total. The molecule has 0 N–H and O–H groups in total. The van der Waals surface area contributed by atoms with Crippen LogP contribution in [0.15, 0.2) is 90.6 Å². The summed E-state index contributed by atoms with van der Waals surface area (Å²) in [6.07, 6.45) is 3.90. The van der Waals surface area contributed by atoms with Crippen molar-refractivity contribution in [2.24, 2.45) is 0 Å². The Bertz CT molecular complexity index is 1130. The van der Waals surface area contributed by atoms with Gasteiger partial charge in [0, 0.05) is 49.5 Å². The molecule has 5 rings (SSSR count). The number of piperazine rings is 1. The molecule has 1 amide bonds. The van der Waals surface area contributed by atoms with Crippen molar-refractivity contribution in [2.45, 2.75) is 12.5 Å². The lowest BCUT2D eigenvalue weighted by molar-refractivity contribution is -0.132. The highest BCUT2D eigenvalue weighted by molar-refractivity contribution is 7.13. The van der Waals surface area contributed by atoms with Gasteiger partial charge in [-0.3, -0.25) is 14.7 Å². The molecule has 2 aromatic heterocycles. The van der Waals surface area contributed by atoms with Crippen LogP contribution in [0.4, 0.5) is 0 Å². The predicted octanol–water partition coefficient (Wildman–Crippen LogP) is 4.68. The minimum atomic E-state index is 0.147. The van der Waals surface area contributed by atoms with E-state index in [9.17, 15) is 4.79 Å². The van der Waals surface area contributed by atoms with E-state index in [2.05, 4.69) is 75.5 Å². The third-order valence-electron chi connectivity index (χ3n) is 6.06. The first kappa shape index (κ1) is 21.5. The van der Waals surface area contributed by atoms with E-state index in [1.165, 1.54) is 11.1 Å². The number of amides is 1. The number of thiazole rings is 1. The zero-order valence-corrected chi connectivity index (χ0v) is 19.2. The average Bonchev–Trinajstić information content (AvgIpc) is 3.35. The maximum atomic E-state index is 13.0. The fourth-order valence-electron chi connectivity index (χ4n) is 4.39. The Hall–Kier alpha value is -3.35. The molecule has 1 aliphatic rings. The molecule has 4 aromatic rings. The van der Waals surface area contributed by atoms with Gasteiger partial charge in [0.2, 0.25) is 5.91 Å². The van der Waals surface area contributed by atoms with Gasteiger partial charge in [0.15, 0.2) is 0 Å². The van der Waals surface area contributed by atoms with Crippen LogP contribution in [0.5, 0.6) is 0 Å². The number of benzene rings is 2. The van der Waals surface area contributed by atoms with Crippen LogP contribution >= 0.6 is 11.3 Å². The van der Waals surface area contributed by atoms with Crippen LogP contribution in [0.2, 0.25) is 0 Å². The lowest BCUT2D eigenvalue weighted by Crippen LogP contribution is -2.50. The third-order valence-corrected chi connectivity index (χ3v) is 7.00. The van der Waals surface area contributed by atoms with Crippen LogP contribution in [-0.2, 0) is 11.2 Å². The summed E-state index contributed by atoms with van der Waals surface area (Å²) in [5.74, 6) is 0.147. The molecule has 0 radical (unpaired) electrons. The zero-order chi connectivity index (χ0) is 22.5. The van der Waals surface area contributed by atoms with Crippen LogP contribution in [-0.4, -0.2) is 51.9 Å². The monoisotopic (exact) mass is 454 g/mol. The molecule has 1 saturated heterocycles. The van der Waals surface area contributed by atoms with Gasteiger partial charge in [-0.2, -0.15) is 0 Å². The normalized spacial score (nSPS) is 14.5. The van der Waals surface area contributed by atoms with Gasteiger partial charge in [-0.25, -0.2) is 4.98 Å². The number of carbonyl (C=O) groups excluding carboxylic acids is 1. The van der Waals surface area contributed by atoms with E-state index in [1.54, 1.807) is 23.7 Å². The number of nitrogens with zero attached hydrogens (tertiary/aromatic N) is 4. The van der Waals surface area contributed by atoms with Gasteiger partial charge in [0.25, 0.3) is 0 Å². The van der Waals surface area contributed by atoms with Gasteiger partial charge in [0.1, 0.15) is 5.01 Å². The summed E-state index contributed by atoms with van der Waals surface area (Å²) in [6.45, 7) is 3.15. The Morgan fingerprint density at radius 2 is 1.55 bits per heavy atom. The van der Waals surface area contributed by atoms with E-state index in [4.69, 9.17) is 0 Å². The first-order chi connectivity index (χ1) is 16.3. The minimum Gasteiger partial charge on any atom is -0.340 e. The molecule has 0 bridgehead atoms. The second-order valence-electron chi connectivity index (χ2n) is 8.20. The minimum absolute atomic E-state index is 0.147. The Morgan fingerprint density at radius 1 is 0.879 bits per heavy atom. The first-order valence-corrected chi connectivity index (χ1v) is 12.1. The fraction of sp³-hybridized carbons (Fsp3) is 0.222. The van der Waals surface area contributed by atoms with Gasteiger partial charge in [0.05, 0.1) is 18.2 Å². The van der Waals surface area contributed by atoms with Crippen LogP contribution in [0.25, 0.3) is 10.6 Å². The van der Waals surface area contributed by atoms with Crippen molar-refractivity contribution in [3.8, 4) is 10.6 Å². The predicted molar refractivity (Wildman–Crippen MR) is 132 cm³/mol. The van der Waals surface area contributed by atoms with E-state index >= 15 is 0 Å². The molecule has 33 heavy (non-hydrogen) atoms. The van der Waals surface area contributed by atoms with Gasteiger partial charge in [-0.05, 0) is 23.3 Å². The Kier molecular flexibility index (Phi) is 6.56. The smallest absolute Gasteiger partial charge is 0.228 e. The number of aromatic nitrogens is 2. The Morgan fingerprint density at radius 3 is 2.15 bits per heavy atom. The molecule has 2 aromatic carbocycles. The standard InChI is InChI=1S/C27H26N4OS/c32-25(18-24-20-33-27(29-24)23-12-7-13-28-19-23)30-14-16-31(17-15-30)26(21-8-3-1-4-9-21)22-10-5-2-6-11-22/h1-13,19-20,26H,14-18H2. The van der Waals surface area contributed by atoms with Crippen LogP contribution in [0.3, 0.4) is 0 Å². The first-order valence-electron chi connectivity index (χ1n) is 11.2. The maximum Gasteiger partial charge on any atom is 0.228 e. The number of carbonyl (C=O) groups is 1. The van der Waals surface area contributed by atoms with Gasteiger partial charge < -0.3 is 4.90 Å². The van der Waals surface area contributed by atoms with E-state index in [0.717, 1.165) is 42.4 Å². The van der Waals surface area contributed by atoms with Crippen molar-refractivity contribution in [3.05, 3.63) is 107 Å². The number of rotatable bonds is 6. The van der Waals surface area contributed by atoms with Crippen LogP contribution < -0.4 is 0 Å². The van der Waals surface area contributed by atoms with Crippen molar-refractivity contribution in [3.63, 3.8) is 0 Å². The second kappa shape index (κ2) is 10.1. The summed E-state index contributed by atoms with van der Waals surface area (Å²) in [6, 6.07) is 25.4. The summed E-state index contributed by atoms with van der Waals surface area (Å²) < 4.78 is 0. The average molecular weight is 455 g/mol. The summed E-state index contributed by atoms with van der Waals surface area (Å²) in [4.78, 5) is 26.3. The van der Waals surface area contributed by atoms with Gasteiger partial charge in [-0.1, -0.05) is 60.7 Å². The van der Waals surface area contributed by atoms with Crippen molar-refractivity contribution in [1.82, 2.24) is 19.8 Å². The van der Waals surface area contributed by atoms with E-state index < -0.39 is 0 Å². The Labute approximate surface area is 198 Å². The SMILES string of the molecule is O=C(Cc1csc(-c2cccnc2)n1)N1CCN(C(c2ccccc2)c2ccccc2)CC1. The molecule has 0 atom stereocenters. The molecule has 3 heterocycles. The molecular formula is C27H26N4OS. The third kappa shape index (κ3) is 5.02. The Balaban J connectivity index is 1.24. The lowest BCUT2D eigenvalue weighted by Gasteiger charge is -2.39. The molecule has 166 valence electrons. The van der Waals surface area contributed by atoms with E-state index in [-0.39, 0.29) is 11.9 Å². The van der Waals surface area contributed by atoms with Gasteiger partial charge >= 0.3 is 0 Å². The molecule has 0 aliphatic carbocycles. The van der Waals surface area contributed by atoms with Crippen LogP contribution in [0.1, 0.15) is 22.9 Å². The summed E-state index contributed by atoms with van der Waals surface area (Å²) in [5, 5.41) is 2.89. The largest absolute Gasteiger partial charge is 0.340 e. The molecule has 1 fully saturated rings. The second-order valence-corrected chi connectivity index (χ2v) is 9.06. The van der Waals surface area contributed by atoms with E-state index in [1.807, 2.05) is 22.4 Å².